The number of alkyl halides is 2. The molecule has 0 aromatic heterocycles. The molecule has 0 spiro atoms. The standard InChI is InChI=1S/C18H15F2N3O4/c1-25-15-7-6-12(8-16(15)27-18(19)20)10-22-23-17(24)11-26-14-5-3-2-4-13(14)9-21/h2-8,10,18H,11H2,1H3,(H,23,24)/b22-10-. The van der Waals surface area contributed by atoms with Gasteiger partial charge in [-0.15, -0.1) is 0 Å². The van der Waals surface area contributed by atoms with Crippen molar-refractivity contribution in [2.75, 3.05) is 13.7 Å². The summed E-state index contributed by atoms with van der Waals surface area (Å²) in [5, 5.41) is 12.7. The fourth-order valence-electron chi connectivity index (χ4n) is 2.00. The molecule has 0 heterocycles. The number of rotatable bonds is 8. The second-order valence-electron chi connectivity index (χ2n) is 4.98. The second-order valence-corrected chi connectivity index (χ2v) is 4.98. The summed E-state index contributed by atoms with van der Waals surface area (Å²) < 4.78 is 39.3. The molecule has 27 heavy (non-hydrogen) atoms. The molecule has 140 valence electrons. The quantitative estimate of drug-likeness (QED) is 0.566. The molecule has 9 heteroatoms. The first-order chi connectivity index (χ1) is 13.0. The number of hydrogen-bond acceptors (Lipinski definition) is 6. The van der Waals surface area contributed by atoms with E-state index in [9.17, 15) is 13.6 Å². The van der Waals surface area contributed by atoms with Gasteiger partial charge in [-0.3, -0.25) is 4.79 Å². The summed E-state index contributed by atoms with van der Waals surface area (Å²) in [6.07, 6.45) is 1.25. The zero-order chi connectivity index (χ0) is 19.6. The van der Waals surface area contributed by atoms with Gasteiger partial charge >= 0.3 is 6.61 Å². The summed E-state index contributed by atoms with van der Waals surface area (Å²) in [6.45, 7) is -3.35. The molecule has 7 nitrogen and oxygen atoms in total. The number of amides is 1. The van der Waals surface area contributed by atoms with E-state index in [1.54, 1.807) is 30.3 Å². The smallest absolute Gasteiger partial charge is 0.387 e. The van der Waals surface area contributed by atoms with E-state index in [4.69, 9.17) is 14.7 Å². The van der Waals surface area contributed by atoms with Crippen molar-refractivity contribution >= 4 is 12.1 Å². The first-order valence-corrected chi connectivity index (χ1v) is 7.60. The molecule has 0 aliphatic heterocycles. The lowest BCUT2D eigenvalue weighted by Gasteiger charge is -2.10. The third-order valence-electron chi connectivity index (χ3n) is 3.17. The van der Waals surface area contributed by atoms with Crippen molar-refractivity contribution < 1.29 is 27.8 Å². The van der Waals surface area contributed by atoms with Gasteiger partial charge in [0, 0.05) is 0 Å². The number of methoxy groups -OCH3 is 1. The lowest BCUT2D eigenvalue weighted by atomic mass is 10.2. The van der Waals surface area contributed by atoms with Gasteiger partial charge in [0.05, 0.1) is 18.9 Å². The van der Waals surface area contributed by atoms with Crippen LogP contribution in [-0.4, -0.2) is 32.4 Å². The average molecular weight is 375 g/mol. The number of hydrazone groups is 1. The minimum atomic E-state index is -3.00. The van der Waals surface area contributed by atoms with Crippen LogP contribution in [0.3, 0.4) is 0 Å². The molecule has 1 amide bonds. The lowest BCUT2D eigenvalue weighted by Crippen LogP contribution is -2.24. The molecule has 1 N–H and O–H groups in total. The Kier molecular flexibility index (Phi) is 7.07. The summed E-state index contributed by atoms with van der Waals surface area (Å²) in [4.78, 5) is 11.7. The molecule has 0 aliphatic carbocycles. The van der Waals surface area contributed by atoms with Gasteiger partial charge < -0.3 is 14.2 Å². The van der Waals surface area contributed by atoms with E-state index in [-0.39, 0.29) is 23.9 Å². The molecule has 0 bridgehead atoms. The van der Waals surface area contributed by atoms with Gasteiger partial charge in [0.2, 0.25) is 0 Å². The van der Waals surface area contributed by atoms with Gasteiger partial charge in [-0.25, -0.2) is 5.43 Å². The van der Waals surface area contributed by atoms with Crippen LogP contribution in [0.15, 0.2) is 47.6 Å². The van der Waals surface area contributed by atoms with Crippen LogP contribution in [0.5, 0.6) is 17.2 Å². The Morgan fingerprint density at radius 3 is 2.74 bits per heavy atom. The minimum absolute atomic E-state index is 0.140. The van der Waals surface area contributed by atoms with Crippen molar-refractivity contribution in [1.82, 2.24) is 5.43 Å². The molecule has 0 aliphatic rings. The predicted octanol–water partition coefficient (Wildman–Crippen LogP) is 2.70. The number of halogens is 2. The predicted molar refractivity (Wildman–Crippen MR) is 92.0 cm³/mol. The van der Waals surface area contributed by atoms with Crippen molar-refractivity contribution in [3.05, 3.63) is 53.6 Å². The lowest BCUT2D eigenvalue weighted by molar-refractivity contribution is -0.123. The van der Waals surface area contributed by atoms with Crippen molar-refractivity contribution in [2.24, 2.45) is 5.10 Å². The largest absolute Gasteiger partial charge is 0.493 e. The number of nitriles is 1. The number of hydrogen-bond donors (Lipinski definition) is 1. The third-order valence-corrected chi connectivity index (χ3v) is 3.17. The highest BCUT2D eigenvalue weighted by Crippen LogP contribution is 2.28. The monoisotopic (exact) mass is 375 g/mol. The van der Waals surface area contributed by atoms with Crippen LogP contribution >= 0.6 is 0 Å². The van der Waals surface area contributed by atoms with E-state index in [1.807, 2.05) is 6.07 Å². The first-order valence-electron chi connectivity index (χ1n) is 7.60. The van der Waals surface area contributed by atoms with Gasteiger partial charge in [0.15, 0.2) is 18.1 Å². The zero-order valence-corrected chi connectivity index (χ0v) is 14.2. The fourth-order valence-corrected chi connectivity index (χ4v) is 2.00. The van der Waals surface area contributed by atoms with E-state index >= 15 is 0 Å². The molecule has 2 aromatic carbocycles. The van der Waals surface area contributed by atoms with Gasteiger partial charge in [-0.05, 0) is 35.9 Å². The van der Waals surface area contributed by atoms with Crippen molar-refractivity contribution in [2.45, 2.75) is 6.61 Å². The number of carbonyl (C=O) groups excluding carboxylic acids is 1. The number of nitrogens with one attached hydrogen (secondary N) is 1. The molecule has 0 atom stereocenters. The number of ether oxygens (including phenoxy) is 3. The Bertz CT molecular complexity index is 866. The maximum atomic E-state index is 12.4. The van der Waals surface area contributed by atoms with Crippen LogP contribution in [0.25, 0.3) is 0 Å². The number of carbonyl (C=O) groups is 1. The highest BCUT2D eigenvalue weighted by molar-refractivity contribution is 5.83. The fraction of sp³-hybridized carbons (Fsp3) is 0.167. The van der Waals surface area contributed by atoms with Gasteiger partial charge in [0.25, 0.3) is 5.91 Å². The van der Waals surface area contributed by atoms with E-state index in [2.05, 4.69) is 15.3 Å². The van der Waals surface area contributed by atoms with Crippen LogP contribution in [0.2, 0.25) is 0 Å². The summed E-state index contributed by atoms with van der Waals surface area (Å²) in [7, 11) is 1.33. The van der Waals surface area contributed by atoms with Crippen LogP contribution in [0.4, 0.5) is 8.78 Å². The van der Waals surface area contributed by atoms with E-state index < -0.39 is 12.5 Å². The number of para-hydroxylation sites is 1. The summed E-state index contributed by atoms with van der Waals surface area (Å²) in [5.41, 5.74) is 2.94. The molecular weight excluding hydrogens is 360 g/mol. The van der Waals surface area contributed by atoms with Gasteiger partial charge in [-0.1, -0.05) is 12.1 Å². The van der Waals surface area contributed by atoms with Gasteiger partial charge in [-0.2, -0.15) is 19.1 Å². The molecule has 2 rings (SSSR count). The van der Waals surface area contributed by atoms with Crippen LogP contribution in [-0.2, 0) is 4.79 Å². The molecule has 0 fully saturated rings. The third kappa shape index (κ3) is 5.97. The first kappa shape index (κ1) is 19.7. The SMILES string of the molecule is COc1ccc(/C=N\NC(=O)COc2ccccc2C#N)cc1OC(F)F. The Morgan fingerprint density at radius 1 is 1.26 bits per heavy atom. The van der Waals surface area contributed by atoms with Gasteiger partial charge in [0.1, 0.15) is 11.8 Å². The summed E-state index contributed by atoms with van der Waals surface area (Å²) in [5.74, 6) is -0.292. The van der Waals surface area contributed by atoms with E-state index in [0.29, 0.717) is 11.1 Å². The minimum Gasteiger partial charge on any atom is -0.493 e. The Labute approximate surface area is 153 Å². The Morgan fingerprint density at radius 2 is 2.04 bits per heavy atom. The molecule has 0 saturated heterocycles. The number of nitrogens with zero attached hydrogens (tertiary/aromatic N) is 2. The zero-order valence-electron chi connectivity index (χ0n) is 14.2. The Hall–Kier alpha value is -3.67. The highest BCUT2D eigenvalue weighted by Gasteiger charge is 2.11. The van der Waals surface area contributed by atoms with Crippen LogP contribution in [0, 0.1) is 11.3 Å². The van der Waals surface area contributed by atoms with Crippen molar-refractivity contribution in [1.29, 1.82) is 5.26 Å². The van der Waals surface area contributed by atoms with E-state index in [1.165, 1.54) is 25.5 Å². The summed E-state index contributed by atoms with van der Waals surface area (Å²) in [6, 6.07) is 12.7. The topological polar surface area (TPSA) is 92.9 Å². The molecule has 0 unspecified atom stereocenters. The van der Waals surface area contributed by atoms with Crippen LogP contribution < -0.4 is 19.6 Å². The number of benzene rings is 2. The van der Waals surface area contributed by atoms with E-state index in [0.717, 1.165) is 0 Å². The summed E-state index contributed by atoms with van der Waals surface area (Å²) >= 11 is 0. The maximum Gasteiger partial charge on any atom is 0.387 e. The maximum absolute atomic E-state index is 12.4. The second kappa shape index (κ2) is 9.72. The van der Waals surface area contributed by atoms with Crippen molar-refractivity contribution in [3.63, 3.8) is 0 Å². The average Bonchev–Trinajstić information content (AvgIpc) is 2.66. The Balaban J connectivity index is 1.93. The van der Waals surface area contributed by atoms with Crippen LogP contribution in [0.1, 0.15) is 11.1 Å². The molecular formula is C18H15F2N3O4. The van der Waals surface area contributed by atoms with Crippen molar-refractivity contribution in [3.8, 4) is 23.3 Å². The molecule has 0 saturated carbocycles. The highest BCUT2D eigenvalue weighted by atomic mass is 19.3. The molecule has 0 radical (unpaired) electrons. The molecule has 2 aromatic rings. The normalized spacial score (nSPS) is 10.5.